The van der Waals surface area contributed by atoms with Crippen LogP contribution in [0.3, 0.4) is 0 Å². The largest absolute Gasteiger partial charge is 0.454 e. The van der Waals surface area contributed by atoms with Crippen molar-refractivity contribution in [1.82, 2.24) is 10.2 Å². The van der Waals surface area contributed by atoms with Crippen LogP contribution >= 0.6 is 23.1 Å². The van der Waals surface area contributed by atoms with E-state index in [4.69, 9.17) is 9.47 Å². The molecule has 26 heavy (non-hydrogen) atoms. The van der Waals surface area contributed by atoms with Gasteiger partial charge in [-0.1, -0.05) is 30.0 Å². The lowest BCUT2D eigenvalue weighted by atomic mass is 10.1. The predicted molar refractivity (Wildman–Crippen MR) is 98.3 cm³/mol. The molecule has 1 amide bonds. The number of hydrogen-bond donors (Lipinski definition) is 0. The highest BCUT2D eigenvalue weighted by molar-refractivity contribution is 8.01. The average molecular weight is 391 g/mol. The number of rotatable bonds is 7. The number of hydrogen-bond acceptors (Lipinski definition) is 8. The summed E-state index contributed by atoms with van der Waals surface area (Å²) in [5, 5.41) is 8.90. The molecule has 0 unspecified atom stereocenters. The molecule has 2 aromatic rings. The van der Waals surface area contributed by atoms with E-state index in [0.717, 1.165) is 12.8 Å². The molecule has 0 atom stereocenters. The number of ether oxygens (including phenoxy) is 2. The van der Waals surface area contributed by atoms with Crippen LogP contribution in [0, 0.1) is 0 Å². The first-order valence-corrected chi connectivity index (χ1v) is 10.2. The number of anilines is 1. The minimum absolute atomic E-state index is 0.0197. The van der Waals surface area contributed by atoms with Crippen LogP contribution in [-0.2, 0) is 4.79 Å². The normalized spacial score (nSPS) is 15.1. The topological polar surface area (TPSA) is 81.6 Å². The van der Waals surface area contributed by atoms with Crippen molar-refractivity contribution >= 4 is 39.9 Å². The Labute approximate surface area is 158 Å². The van der Waals surface area contributed by atoms with Crippen molar-refractivity contribution in [1.29, 1.82) is 0 Å². The van der Waals surface area contributed by atoms with E-state index in [1.165, 1.54) is 23.1 Å². The van der Waals surface area contributed by atoms with Gasteiger partial charge in [0.1, 0.15) is 0 Å². The van der Waals surface area contributed by atoms with E-state index in [1.54, 1.807) is 23.1 Å². The van der Waals surface area contributed by atoms with Crippen molar-refractivity contribution in [2.24, 2.45) is 0 Å². The van der Waals surface area contributed by atoms with Crippen molar-refractivity contribution in [3.8, 4) is 11.5 Å². The maximum Gasteiger partial charge on any atom is 0.231 e. The maximum atomic E-state index is 12.4. The van der Waals surface area contributed by atoms with Crippen molar-refractivity contribution in [3.63, 3.8) is 0 Å². The molecule has 2 aliphatic rings. The van der Waals surface area contributed by atoms with Gasteiger partial charge in [-0.25, -0.2) is 0 Å². The van der Waals surface area contributed by atoms with Crippen molar-refractivity contribution in [2.75, 3.05) is 17.4 Å². The summed E-state index contributed by atoms with van der Waals surface area (Å²) >= 11 is 2.69. The number of carbonyl (C=O) groups is 2. The van der Waals surface area contributed by atoms with Gasteiger partial charge in [0.15, 0.2) is 21.6 Å². The third kappa shape index (κ3) is 3.54. The average Bonchev–Trinajstić information content (AvgIpc) is 3.19. The van der Waals surface area contributed by atoms with Crippen LogP contribution in [0.25, 0.3) is 0 Å². The second-order valence-electron chi connectivity index (χ2n) is 5.98. The monoisotopic (exact) mass is 391 g/mol. The van der Waals surface area contributed by atoms with Crippen LogP contribution in [0.5, 0.6) is 11.5 Å². The number of ketones is 1. The molecule has 2 heterocycles. The first-order valence-electron chi connectivity index (χ1n) is 8.37. The van der Waals surface area contributed by atoms with E-state index in [1.807, 2.05) is 6.92 Å². The fourth-order valence-corrected chi connectivity index (χ4v) is 4.43. The summed E-state index contributed by atoms with van der Waals surface area (Å²) < 4.78 is 11.2. The van der Waals surface area contributed by atoms with Gasteiger partial charge < -0.3 is 9.47 Å². The number of benzene rings is 1. The zero-order chi connectivity index (χ0) is 18.1. The molecule has 0 N–H and O–H groups in total. The molecule has 1 aromatic carbocycles. The zero-order valence-electron chi connectivity index (χ0n) is 14.1. The molecule has 9 heteroatoms. The first kappa shape index (κ1) is 17.3. The highest BCUT2D eigenvalue weighted by Crippen LogP contribution is 2.37. The van der Waals surface area contributed by atoms with E-state index in [-0.39, 0.29) is 30.3 Å². The number of Topliss-reactive ketones (excluding diaryl/α,β-unsaturated/α-hetero) is 1. The fraction of sp³-hybridized carbons (Fsp3) is 0.412. The number of amides is 1. The second-order valence-corrected chi connectivity index (χ2v) is 8.16. The van der Waals surface area contributed by atoms with Gasteiger partial charge in [0, 0.05) is 18.0 Å². The summed E-state index contributed by atoms with van der Waals surface area (Å²) in [5.74, 6) is 1.55. The molecule has 0 radical (unpaired) electrons. The van der Waals surface area contributed by atoms with Gasteiger partial charge >= 0.3 is 0 Å². The summed E-state index contributed by atoms with van der Waals surface area (Å²) in [5.41, 5.74) is 0.576. The Balaban J connectivity index is 1.40. The molecular formula is C17H17N3O4S2. The Morgan fingerprint density at radius 3 is 2.85 bits per heavy atom. The van der Waals surface area contributed by atoms with E-state index in [0.29, 0.717) is 33.0 Å². The SMILES string of the molecule is CCC(=O)N(c1nnc(SCC(=O)c2ccc3c(c2)OCO3)s1)C1CC1. The Morgan fingerprint density at radius 2 is 2.08 bits per heavy atom. The van der Waals surface area contributed by atoms with E-state index in [2.05, 4.69) is 10.2 Å². The number of fused-ring (bicyclic) bond motifs is 1. The van der Waals surface area contributed by atoms with Crippen molar-refractivity contribution in [3.05, 3.63) is 23.8 Å². The van der Waals surface area contributed by atoms with Gasteiger partial charge in [0.25, 0.3) is 0 Å². The standard InChI is InChI=1S/C17H17N3O4S2/c1-2-15(22)20(11-4-5-11)16-18-19-17(26-16)25-8-12(21)10-3-6-13-14(7-10)24-9-23-13/h3,6-7,11H,2,4-5,8-9H2,1H3. The molecule has 1 aliphatic carbocycles. The summed E-state index contributed by atoms with van der Waals surface area (Å²) in [7, 11) is 0. The molecule has 0 bridgehead atoms. The molecule has 1 aliphatic heterocycles. The number of nitrogens with zero attached hydrogens (tertiary/aromatic N) is 3. The zero-order valence-corrected chi connectivity index (χ0v) is 15.8. The van der Waals surface area contributed by atoms with Crippen LogP contribution in [0.2, 0.25) is 0 Å². The first-order chi connectivity index (χ1) is 12.7. The van der Waals surface area contributed by atoms with Gasteiger partial charge in [-0.05, 0) is 31.0 Å². The summed E-state index contributed by atoms with van der Waals surface area (Å²) in [6.45, 7) is 2.03. The lowest BCUT2D eigenvalue weighted by Crippen LogP contribution is -2.32. The van der Waals surface area contributed by atoms with E-state index < -0.39 is 0 Å². The van der Waals surface area contributed by atoms with Crippen LogP contribution in [0.1, 0.15) is 36.5 Å². The summed E-state index contributed by atoms with van der Waals surface area (Å²) in [6.07, 6.45) is 2.47. The molecule has 1 fully saturated rings. The molecule has 136 valence electrons. The molecule has 4 rings (SSSR count). The van der Waals surface area contributed by atoms with Gasteiger partial charge in [-0.15, -0.1) is 10.2 Å². The molecule has 7 nitrogen and oxygen atoms in total. The van der Waals surface area contributed by atoms with Crippen LogP contribution in [-0.4, -0.2) is 40.5 Å². The lowest BCUT2D eigenvalue weighted by molar-refractivity contribution is -0.118. The Kier molecular flexibility index (Phi) is 4.82. The minimum Gasteiger partial charge on any atom is -0.454 e. The lowest BCUT2D eigenvalue weighted by Gasteiger charge is -2.17. The maximum absolute atomic E-state index is 12.4. The Morgan fingerprint density at radius 1 is 1.27 bits per heavy atom. The number of thioether (sulfide) groups is 1. The second kappa shape index (κ2) is 7.24. The minimum atomic E-state index is -0.0197. The summed E-state index contributed by atoms with van der Waals surface area (Å²) in [6, 6.07) is 5.43. The van der Waals surface area contributed by atoms with Crippen LogP contribution in [0.4, 0.5) is 5.13 Å². The molecule has 1 saturated carbocycles. The number of aromatic nitrogens is 2. The smallest absolute Gasteiger partial charge is 0.231 e. The summed E-state index contributed by atoms with van der Waals surface area (Å²) in [4.78, 5) is 26.3. The highest BCUT2D eigenvalue weighted by atomic mass is 32.2. The molecule has 0 saturated heterocycles. The third-order valence-electron chi connectivity index (χ3n) is 4.11. The molecule has 1 aromatic heterocycles. The van der Waals surface area contributed by atoms with Crippen molar-refractivity contribution in [2.45, 2.75) is 36.6 Å². The Hall–Kier alpha value is -2.13. The Bertz CT molecular complexity index is 850. The molecular weight excluding hydrogens is 374 g/mol. The van der Waals surface area contributed by atoms with E-state index in [9.17, 15) is 9.59 Å². The predicted octanol–water partition coefficient (Wildman–Crippen LogP) is 3.15. The van der Waals surface area contributed by atoms with Gasteiger partial charge in [-0.2, -0.15) is 0 Å². The van der Waals surface area contributed by atoms with Gasteiger partial charge in [0.2, 0.25) is 17.8 Å². The van der Waals surface area contributed by atoms with Crippen LogP contribution in [0.15, 0.2) is 22.5 Å². The van der Waals surface area contributed by atoms with E-state index >= 15 is 0 Å². The third-order valence-corrected chi connectivity index (χ3v) is 6.16. The fourth-order valence-electron chi connectivity index (χ4n) is 2.61. The highest BCUT2D eigenvalue weighted by Gasteiger charge is 2.35. The van der Waals surface area contributed by atoms with Crippen LogP contribution < -0.4 is 14.4 Å². The van der Waals surface area contributed by atoms with Gasteiger partial charge in [0.05, 0.1) is 5.75 Å². The molecule has 0 spiro atoms. The van der Waals surface area contributed by atoms with Crippen molar-refractivity contribution < 1.29 is 19.1 Å². The quantitative estimate of drug-likeness (QED) is 0.407. The number of carbonyl (C=O) groups excluding carboxylic acids is 2. The van der Waals surface area contributed by atoms with Gasteiger partial charge in [-0.3, -0.25) is 14.5 Å².